The standard InChI is InChI=1S/C17H19ClFNO/c1-10-7-11(2)16(15(8-10)21-4)17(20-3)13-6-5-12(18)9-14(13)19/h5-9,17,20H,1-4H3. The largest absolute Gasteiger partial charge is 0.496 e. The SMILES string of the molecule is CNC(c1ccc(Cl)cc1F)c1c(C)cc(C)cc1OC. The molecule has 2 aromatic rings. The summed E-state index contributed by atoms with van der Waals surface area (Å²) < 4.78 is 19.7. The normalized spacial score (nSPS) is 12.3. The Morgan fingerprint density at radius 2 is 1.90 bits per heavy atom. The minimum Gasteiger partial charge on any atom is -0.496 e. The van der Waals surface area contributed by atoms with Gasteiger partial charge >= 0.3 is 0 Å². The molecule has 1 atom stereocenters. The lowest BCUT2D eigenvalue weighted by atomic mass is 9.92. The molecule has 4 heteroatoms. The highest BCUT2D eigenvalue weighted by Crippen LogP contribution is 2.35. The van der Waals surface area contributed by atoms with Crippen LogP contribution >= 0.6 is 11.6 Å². The third-order valence-corrected chi connectivity index (χ3v) is 3.80. The molecule has 21 heavy (non-hydrogen) atoms. The number of nitrogens with one attached hydrogen (secondary N) is 1. The number of hydrogen-bond acceptors (Lipinski definition) is 2. The topological polar surface area (TPSA) is 21.3 Å². The van der Waals surface area contributed by atoms with Gasteiger partial charge in [-0.15, -0.1) is 0 Å². The molecule has 2 aromatic carbocycles. The van der Waals surface area contributed by atoms with Crippen LogP contribution in [0.2, 0.25) is 5.02 Å². The Labute approximate surface area is 129 Å². The molecule has 0 spiro atoms. The summed E-state index contributed by atoms with van der Waals surface area (Å²) in [6, 6.07) is 8.46. The van der Waals surface area contributed by atoms with Crippen LogP contribution in [0.4, 0.5) is 4.39 Å². The van der Waals surface area contributed by atoms with E-state index in [1.165, 1.54) is 6.07 Å². The summed E-state index contributed by atoms with van der Waals surface area (Å²) in [6.07, 6.45) is 0. The van der Waals surface area contributed by atoms with E-state index >= 15 is 0 Å². The first-order chi connectivity index (χ1) is 9.97. The van der Waals surface area contributed by atoms with Crippen molar-refractivity contribution < 1.29 is 9.13 Å². The summed E-state index contributed by atoms with van der Waals surface area (Å²) in [5.74, 6) is 0.421. The summed E-state index contributed by atoms with van der Waals surface area (Å²) in [7, 11) is 3.43. The van der Waals surface area contributed by atoms with Crippen molar-refractivity contribution in [2.45, 2.75) is 19.9 Å². The van der Waals surface area contributed by atoms with Crippen LogP contribution in [0.3, 0.4) is 0 Å². The fraction of sp³-hybridized carbons (Fsp3) is 0.294. The van der Waals surface area contributed by atoms with Crippen LogP contribution in [-0.4, -0.2) is 14.2 Å². The van der Waals surface area contributed by atoms with E-state index in [-0.39, 0.29) is 11.9 Å². The molecule has 0 radical (unpaired) electrons. The van der Waals surface area contributed by atoms with Crippen LogP contribution in [0.25, 0.3) is 0 Å². The second kappa shape index (κ2) is 6.46. The monoisotopic (exact) mass is 307 g/mol. The number of benzene rings is 2. The molecular weight excluding hydrogens is 289 g/mol. The van der Waals surface area contributed by atoms with E-state index in [4.69, 9.17) is 16.3 Å². The van der Waals surface area contributed by atoms with E-state index in [0.29, 0.717) is 10.6 Å². The van der Waals surface area contributed by atoms with Gasteiger partial charge < -0.3 is 10.1 Å². The first kappa shape index (κ1) is 15.8. The van der Waals surface area contributed by atoms with E-state index in [2.05, 4.69) is 11.4 Å². The predicted octanol–water partition coefficient (Wildman–Crippen LogP) is 4.41. The van der Waals surface area contributed by atoms with Crippen LogP contribution in [0.5, 0.6) is 5.75 Å². The lowest BCUT2D eigenvalue weighted by molar-refractivity contribution is 0.403. The first-order valence-electron chi connectivity index (χ1n) is 6.75. The van der Waals surface area contributed by atoms with Gasteiger partial charge in [0.2, 0.25) is 0 Å². The molecule has 0 aromatic heterocycles. The van der Waals surface area contributed by atoms with Gasteiger partial charge in [0.25, 0.3) is 0 Å². The molecule has 0 bridgehead atoms. The van der Waals surface area contributed by atoms with Gasteiger partial charge in [-0.1, -0.05) is 23.7 Å². The second-order valence-corrected chi connectivity index (χ2v) is 5.52. The highest BCUT2D eigenvalue weighted by molar-refractivity contribution is 6.30. The third kappa shape index (κ3) is 3.20. The average Bonchev–Trinajstić information content (AvgIpc) is 2.42. The van der Waals surface area contributed by atoms with Gasteiger partial charge in [0, 0.05) is 16.1 Å². The van der Waals surface area contributed by atoms with Gasteiger partial charge in [-0.3, -0.25) is 0 Å². The van der Waals surface area contributed by atoms with Crippen molar-refractivity contribution in [3.8, 4) is 5.75 Å². The highest BCUT2D eigenvalue weighted by Gasteiger charge is 2.22. The lowest BCUT2D eigenvalue weighted by Crippen LogP contribution is -2.21. The van der Waals surface area contributed by atoms with Gasteiger partial charge in [-0.25, -0.2) is 4.39 Å². The zero-order valence-corrected chi connectivity index (χ0v) is 13.4. The van der Waals surface area contributed by atoms with E-state index < -0.39 is 0 Å². The van der Waals surface area contributed by atoms with Crippen LogP contribution in [0.1, 0.15) is 28.3 Å². The van der Waals surface area contributed by atoms with Gasteiger partial charge in [0.15, 0.2) is 0 Å². The highest BCUT2D eigenvalue weighted by atomic mass is 35.5. The number of hydrogen-bond donors (Lipinski definition) is 1. The predicted molar refractivity (Wildman–Crippen MR) is 84.8 cm³/mol. The Kier molecular flexibility index (Phi) is 4.86. The summed E-state index contributed by atoms with van der Waals surface area (Å²) >= 11 is 5.84. The Balaban J connectivity index is 2.61. The van der Waals surface area contributed by atoms with Crippen molar-refractivity contribution in [3.63, 3.8) is 0 Å². The minimum absolute atomic E-state index is 0.294. The molecule has 0 aliphatic heterocycles. The van der Waals surface area contributed by atoms with Gasteiger partial charge in [0.05, 0.1) is 13.2 Å². The number of ether oxygens (including phenoxy) is 1. The van der Waals surface area contributed by atoms with Crippen molar-refractivity contribution in [2.24, 2.45) is 0 Å². The van der Waals surface area contributed by atoms with Crippen LogP contribution in [0.15, 0.2) is 30.3 Å². The summed E-state index contributed by atoms with van der Waals surface area (Å²) in [5, 5.41) is 3.55. The summed E-state index contributed by atoms with van der Waals surface area (Å²) in [5.41, 5.74) is 3.65. The quantitative estimate of drug-likeness (QED) is 0.903. The van der Waals surface area contributed by atoms with E-state index in [1.807, 2.05) is 19.9 Å². The molecule has 0 amide bonds. The number of rotatable bonds is 4. The van der Waals surface area contributed by atoms with Crippen molar-refractivity contribution >= 4 is 11.6 Å². The lowest BCUT2D eigenvalue weighted by Gasteiger charge is -2.23. The van der Waals surface area contributed by atoms with Gasteiger partial charge in [-0.05, 0) is 50.2 Å². The Morgan fingerprint density at radius 3 is 2.48 bits per heavy atom. The van der Waals surface area contributed by atoms with E-state index in [1.54, 1.807) is 26.3 Å². The molecule has 0 saturated heterocycles. The first-order valence-corrected chi connectivity index (χ1v) is 7.13. The molecule has 112 valence electrons. The summed E-state index contributed by atoms with van der Waals surface area (Å²) in [6.45, 7) is 4.01. The molecule has 1 unspecified atom stereocenters. The maximum absolute atomic E-state index is 14.3. The molecule has 1 N–H and O–H groups in total. The Bertz CT molecular complexity index is 657. The molecule has 0 fully saturated rings. The number of methoxy groups -OCH3 is 1. The molecule has 0 aliphatic carbocycles. The minimum atomic E-state index is -0.330. The fourth-order valence-electron chi connectivity index (χ4n) is 2.67. The van der Waals surface area contributed by atoms with Crippen molar-refractivity contribution in [2.75, 3.05) is 14.2 Å². The fourth-order valence-corrected chi connectivity index (χ4v) is 2.83. The van der Waals surface area contributed by atoms with Gasteiger partial charge in [0.1, 0.15) is 11.6 Å². The molecule has 0 saturated carbocycles. The van der Waals surface area contributed by atoms with Gasteiger partial charge in [-0.2, -0.15) is 0 Å². The van der Waals surface area contributed by atoms with Crippen LogP contribution < -0.4 is 10.1 Å². The van der Waals surface area contributed by atoms with Crippen LogP contribution in [-0.2, 0) is 0 Å². The zero-order chi connectivity index (χ0) is 15.6. The second-order valence-electron chi connectivity index (χ2n) is 5.09. The smallest absolute Gasteiger partial charge is 0.129 e. The van der Waals surface area contributed by atoms with E-state index in [9.17, 15) is 4.39 Å². The van der Waals surface area contributed by atoms with Crippen molar-refractivity contribution in [3.05, 3.63) is 63.4 Å². The molecular formula is C17H19ClFNO. The zero-order valence-electron chi connectivity index (χ0n) is 12.6. The third-order valence-electron chi connectivity index (χ3n) is 3.56. The molecule has 2 nitrogen and oxygen atoms in total. The summed E-state index contributed by atoms with van der Waals surface area (Å²) in [4.78, 5) is 0. The van der Waals surface area contributed by atoms with E-state index in [0.717, 1.165) is 22.4 Å². The maximum atomic E-state index is 14.3. The van der Waals surface area contributed by atoms with Crippen molar-refractivity contribution in [1.29, 1.82) is 0 Å². The number of aryl methyl sites for hydroxylation is 2. The maximum Gasteiger partial charge on any atom is 0.129 e. The van der Waals surface area contributed by atoms with Crippen LogP contribution in [0, 0.1) is 19.7 Å². The Hall–Kier alpha value is -1.58. The molecule has 0 heterocycles. The average molecular weight is 308 g/mol. The number of halogens is 2. The molecule has 0 aliphatic rings. The molecule has 2 rings (SSSR count). The Morgan fingerprint density at radius 1 is 1.19 bits per heavy atom. The van der Waals surface area contributed by atoms with Crippen molar-refractivity contribution in [1.82, 2.24) is 5.32 Å².